The number of carbonyl (C=O) groups excluding carboxylic acids is 2. The van der Waals surface area contributed by atoms with Crippen molar-refractivity contribution in [2.24, 2.45) is 0 Å². The molecule has 0 spiro atoms. The number of aromatic nitrogens is 3. The Labute approximate surface area is 216 Å². The topological polar surface area (TPSA) is 97.0 Å². The van der Waals surface area contributed by atoms with Gasteiger partial charge in [-0.1, -0.05) is 53.6 Å². The molecule has 3 aromatic carbocycles. The number of fused-ring (bicyclic) bond motifs is 1. The molecule has 36 heavy (non-hydrogen) atoms. The number of imidazole rings is 1. The lowest BCUT2D eigenvalue weighted by Crippen LogP contribution is -2.29. The number of hydrogen-bond donors (Lipinski definition) is 2. The van der Waals surface area contributed by atoms with Gasteiger partial charge in [0.2, 0.25) is 0 Å². The molecule has 0 radical (unpaired) electrons. The lowest BCUT2D eigenvalue weighted by atomic mass is 10.1. The quantitative estimate of drug-likeness (QED) is 0.251. The van der Waals surface area contributed by atoms with Crippen molar-refractivity contribution in [3.63, 3.8) is 0 Å². The van der Waals surface area contributed by atoms with E-state index in [1.807, 2.05) is 48.7 Å². The number of aromatic amines is 1. The van der Waals surface area contributed by atoms with Crippen molar-refractivity contribution in [1.82, 2.24) is 15.0 Å². The van der Waals surface area contributed by atoms with Gasteiger partial charge in [0.25, 0.3) is 5.91 Å². The van der Waals surface area contributed by atoms with Gasteiger partial charge in [-0.2, -0.15) is 0 Å². The lowest BCUT2D eigenvalue weighted by molar-refractivity contribution is -0.123. The summed E-state index contributed by atoms with van der Waals surface area (Å²) in [5.41, 5.74) is 5.47. The zero-order chi connectivity index (χ0) is 25.2. The molecular weight excluding hydrogens is 496 g/mol. The Bertz CT molecular complexity index is 1560. The Kier molecular flexibility index (Phi) is 6.54. The number of hydrogen-bond acceptors (Lipinski definition) is 6. The summed E-state index contributed by atoms with van der Waals surface area (Å²) in [5, 5.41) is 5.59. The Morgan fingerprint density at radius 2 is 1.72 bits per heavy atom. The molecule has 0 aliphatic rings. The van der Waals surface area contributed by atoms with E-state index in [4.69, 9.17) is 16.3 Å². The summed E-state index contributed by atoms with van der Waals surface area (Å²) < 4.78 is 5.41. The van der Waals surface area contributed by atoms with Crippen molar-refractivity contribution >= 4 is 51.0 Å². The molecule has 0 saturated heterocycles. The summed E-state index contributed by atoms with van der Waals surface area (Å²) in [6.45, 7) is 3.54. The second-order valence-electron chi connectivity index (χ2n) is 8.26. The maximum atomic E-state index is 12.7. The van der Waals surface area contributed by atoms with Crippen LogP contribution in [-0.2, 0) is 9.53 Å². The van der Waals surface area contributed by atoms with Gasteiger partial charge in [0.15, 0.2) is 11.2 Å². The molecule has 2 N–H and O–H groups in total. The number of amides is 1. The number of benzene rings is 3. The number of anilines is 1. The first kappa shape index (κ1) is 23.7. The number of thiazole rings is 1. The molecule has 7 nitrogen and oxygen atoms in total. The highest BCUT2D eigenvalue weighted by Gasteiger charge is 2.21. The number of halogens is 1. The third-order valence-corrected chi connectivity index (χ3v) is 6.58. The summed E-state index contributed by atoms with van der Waals surface area (Å²) >= 11 is 7.22. The second kappa shape index (κ2) is 9.93. The fraction of sp³-hybridized carbons (Fsp3) is 0.111. The standard InChI is InChI=1S/C27H21ClN4O3S/c1-15-3-5-18(6-4-15)24-29-21-12-9-19(13-22(21)30-24)26(34)35-16(2)25(33)32-27-31-23(14-36-27)17-7-10-20(28)11-8-17/h3-14,16H,1-2H3,(H,29,30)(H,31,32,33). The third kappa shape index (κ3) is 5.15. The fourth-order valence-corrected chi connectivity index (χ4v) is 4.41. The van der Waals surface area contributed by atoms with Crippen molar-refractivity contribution in [2.45, 2.75) is 20.0 Å². The van der Waals surface area contributed by atoms with Gasteiger partial charge in [0, 0.05) is 21.5 Å². The van der Waals surface area contributed by atoms with Gasteiger partial charge >= 0.3 is 5.97 Å². The number of H-pyrrole nitrogens is 1. The van der Waals surface area contributed by atoms with Crippen LogP contribution in [0.25, 0.3) is 33.7 Å². The highest BCUT2D eigenvalue weighted by Crippen LogP contribution is 2.26. The first-order chi connectivity index (χ1) is 17.4. The first-order valence-corrected chi connectivity index (χ1v) is 12.4. The van der Waals surface area contributed by atoms with Crippen molar-refractivity contribution in [3.8, 4) is 22.6 Å². The zero-order valence-electron chi connectivity index (χ0n) is 19.4. The molecule has 0 aliphatic heterocycles. The van der Waals surface area contributed by atoms with Crippen LogP contribution < -0.4 is 5.32 Å². The molecule has 0 bridgehead atoms. The molecule has 2 heterocycles. The van der Waals surface area contributed by atoms with Crippen molar-refractivity contribution in [2.75, 3.05) is 5.32 Å². The Morgan fingerprint density at radius 1 is 1.00 bits per heavy atom. The molecule has 180 valence electrons. The van der Waals surface area contributed by atoms with Crippen molar-refractivity contribution in [1.29, 1.82) is 0 Å². The minimum atomic E-state index is -1.01. The molecular formula is C27H21ClN4O3S. The van der Waals surface area contributed by atoms with Gasteiger partial charge in [-0.05, 0) is 44.2 Å². The highest BCUT2D eigenvalue weighted by molar-refractivity contribution is 7.14. The summed E-state index contributed by atoms with van der Waals surface area (Å²) in [6.07, 6.45) is -1.01. The number of ether oxygens (including phenoxy) is 1. The SMILES string of the molecule is Cc1ccc(-c2nc3ccc(C(=O)OC(C)C(=O)Nc4nc(-c5ccc(Cl)cc5)cs4)cc3[nH]2)cc1. The molecule has 5 aromatic rings. The van der Waals surface area contributed by atoms with Crippen LogP contribution >= 0.6 is 22.9 Å². The predicted molar refractivity (Wildman–Crippen MR) is 142 cm³/mol. The van der Waals surface area contributed by atoms with Crippen molar-refractivity contribution < 1.29 is 14.3 Å². The molecule has 5 rings (SSSR count). The van der Waals surface area contributed by atoms with E-state index in [1.54, 1.807) is 30.3 Å². The monoisotopic (exact) mass is 516 g/mol. The zero-order valence-corrected chi connectivity index (χ0v) is 21.0. The van der Waals surface area contributed by atoms with Gasteiger partial charge < -0.3 is 9.72 Å². The molecule has 1 atom stereocenters. The number of rotatable bonds is 6. The molecule has 0 saturated carbocycles. The largest absolute Gasteiger partial charge is 0.449 e. The Balaban J connectivity index is 1.24. The van der Waals surface area contributed by atoms with Gasteiger partial charge in [-0.15, -0.1) is 11.3 Å². The molecule has 9 heteroatoms. The second-order valence-corrected chi connectivity index (χ2v) is 9.56. The Morgan fingerprint density at radius 3 is 2.47 bits per heavy atom. The average Bonchev–Trinajstić information content (AvgIpc) is 3.51. The summed E-state index contributed by atoms with van der Waals surface area (Å²) in [7, 11) is 0. The number of nitrogens with one attached hydrogen (secondary N) is 2. The molecule has 1 unspecified atom stereocenters. The van der Waals surface area contributed by atoms with Crippen LogP contribution in [0.2, 0.25) is 5.02 Å². The van der Waals surface area contributed by atoms with E-state index in [9.17, 15) is 9.59 Å². The van der Waals surface area contributed by atoms with E-state index in [0.717, 1.165) is 27.9 Å². The summed E-state index contributed by atoms with van der Waals surface area (Å²) in [6, 6.07) is 20.3. The highest BCUT2D eigenvalue weighted by atomic mass is 35.5. The maximum absolute atomic E-state index is 12.7. The van der Waals surface area contributed by atoms with Crippen LogP contribution in [0.4, 0.5) is 5.13 Å². The van der Waals surface area contributed by atoms with Crippen LogP contribution in [0.15, 0.2) is 72.1 Å². The van der Waals surface area contributed by atoms with Gasteiger partial charge in [0.05, 0.1) is 22.3 Å². The number of aryl methyl sites for hydroxylation is 1. The van der Waals surface area contributed by atoms with Gasteiger partial charge in [-0.25, -0.2) is 14.8 Å². The van der Waals surface area contributed by atoms with E-state index in [0.29, 0.717) is 27.1 Å². The summed E-state index contributed by atoms with van der Waals surface area (Å²) in [5.74, 6) is -0.360. The van der Waals surface area contributed by atoms with Crippen molar-refractivity contribution in [3.05, 3.63) is 88.3 Å². The number of carbonyl (C=O) groups is 2. The van der Waals surface area contributed by atoms with E-state index in [1.165, 1.54) is 18.3 Å². The average molecular weight is 517 g/mol. The predicted octanol–water partition coefficient (Wildman–Crippen LogP) is 6.50. The summed E-state index contributed by atoms with van der Waals surface area (Å²) in [4.78, 5) is 37.6. The normalized spacial score (nSPS) is 11.9. The number of nitrogens with zero attached hydrogens (tertiary/aromatic N) is 2. The van der Waals surface area contributed by atoms with E-state index in [-0.39, 0.29) is 0 Å². The minimum absolute atomic E-state index is 0.320. The number of esters is 1. The third-order valence-electron chi connectivity index (χ3n) is 5.57. The van der Waals surface area contributed by atoms with E-state index in [2.05, 4.69) is 20.3 Å². The molecule has 2 aromatic heterocycles. The molecule has 0 fully saturated rings. The van der Waals surface area contributed by atoms with Crippen LogP contribution in [0.5, 0.6) is 0 Å². The van der Waals surface area contributed by atoms with E-state index >= 15 is 0 Å². The minimum Gasteiger partial charge on any atom is -0.449 e. The van der Waals surface area contributed by atoms with E-state index < -0.39 is 18.0 Å². The van der Waals surface area contributed by atoms with Gasteiger partial charge in [-0.3, -0.25) is 10.1 Å². The fourth-order valence-electron chi connectivity index (χ4n) is 3.56. The lowest BCUT2D eigenvalue weighted by Gasteiger charge is -2.12. The van der Waals surface area contributed by atoms with Gasteiger partial charge in [0.1, 0.15) is 5.82 Å². The molecule has 1 amide bonds. The smallest absolute Gasteiger partial charge is 0.338 e. The van der Waals surface area contributed by atoms with Crippen LogP contribution in [0.1, 0.15) is 22.8 Å². The first-order valence-electron chi connectivity index (χ1n) is 11.2. The maximum Gasteiger partial charge on any atom is 0.338 e. The van der Waals surface area contributed by atoms with Crippen LogP contribution in [0.3, 0.4) is 0 Å². The Hall–Kier alpha value is -4.01. The molecule has 0 aliphatic carbocycles. The van der Waals surface area contributed by atoms with Crippen LogP contribution in [-0.4, -0.2) is 32.9 Å². The van der Waals surface area contributed by atoms with Crippen LogP contribution in [0, 0.1) is 6.92 Å².